The van der Waals surface area contributed by atoms with E-state index in [-0.39, 0.29) is 16.7 Å². The quantitative estimate of drug-likeness (QED) is 0.775. The molecule has 25 heavy (non-hydrogen) atoms. The number of amides is 1. The van der Waals surface area contributed by atoms with Gasteiger partial charge in [0.15, 0.2) is 0 Å². The van der Waals surface area contributed by atoms with Crippen LogP contribution in [0, 0.1) is 5.92 Å². The SMILES string of the molecule is CC(C)[C@H](NS(=O)(=O)c1cccc(Cl)c1)C(=O)NCc1ccccc1. The van der Waals surface area contributed by atoms with Crippen LogP contribution >= 0.6 is 11.6 Å². The van der Waals surface area contributed by atoms with Crippen LogP contribution in [0.2, 0.25) is 5.02 Å². The Morgan fingerprint density at radius 3 is 2.36 bits per heavy atom. The van der Waals surface area contributed by atoms with Gasteiger partial charge in [0, 0.05) is 11.6 Å². The first kappa shape index (κ1) is 19.4. The zero-order chi connectivity index (χ0) is 18.4. The number of halogens is 1. The Kier molecular flexibility index (Phi) is 6.58. The van der Waals surface area contributed by atoms with E-state index in [1.807, 2.05) is 30.3 Å². The highest BCUT2D eigenvalue weighted by Crippen LogP contribution is 2.17. The van der Waals surface area contributed by atoms with Crippen LogP contribution in [-0.4, -0.2) is 20.4 Å². The van der Waals surface area contributed by atoms with Gasteiger partial charge in [-0.15, -0.1) is 0 Å². The highest BCUT2D eigenvalue weighted by molar-refractivity contribution is 7.89. The van der Waals surface area contributed by atoms with E-state index in [0.29, 0.717) is 11.6 Å². The molecule has 0 aliphatic rings. The summed E-state index contributed by atoms with van der Waals surface area (Å²) >= 11 is 5.86. The second-order valence-electron chi connectivity index (χ2n) is 6.00. The van der Waals surface area contributed by atoms with Crippen molar-refractivity contribution in [3.63, 3.8) is 0 Å². The highest BCUT2D eigenvalue weighted by Gasteiger charge is 2.28. The Hall–Kier alpha value is -1.89. The van der Waals surface area contributed by atoms with Gasteiger partial charge in [0.1, 0.15) is 6.04 Å². The van der Waals surface area contributed by atoms with Crippen molar-refractivity contribution in [2.75, 3.05) is 0 Å². The van der Waals surface area contributed by atoms with Crippen LogP contribution in [0.15, 0.2) is 59.5 Å². The first-order valence-electron chi connectivity index (χ1n) is 7.89. The van der Waals surface area contributed by atoms with Gasteiger partial charge in [-0.25, -0.2) is 8.42 Å². The molecular formula is C18H21ClN2O3S. The van der Waals surface area contributed by atoms with Crippen molar-refractivity contribution >= 4 is 27.5 Å². The number of sulfonamides is 1. The van der Waals surface area contributed by atoms with E-state index in [1.165, 1.54) is 12.1 Å². The van der Waals surface area contributed by atoms with Gasteiger partial charge in [-0.05, 0) is 29.7 Å². The summed E-state index contributed by atoms with van der Waals surface area (Å²) in [4.78, 5) is 12.5. The molecule has 0 unspecified atom stereocenters. The minimum atomic E-state index is -3.85. The molecule has 2 rings (SSSR count). The highest BCUT2D eigenvalue weighted by atomic mass is 35.5. The number of carbonyl (C=O) groups is 1. The maximum absolute atomic E-state index is 12.5. The van der Waals surface area contributed by atoms with Crippen LogP contribution in [0.5, 0.6) is 0 Å². The van der Waals surface area contributed by atoms with Crippen molar-refractivity contribution in [2.24, 2.45) is 5.92 Å². The average molecular weight is 381 g/mol. The van der Waals surface area contributed by atoms with Crippen molar-refractivity contribution in [2.45, 2.75) is 31.3 Å². The fourth-order valence-electron chi connectivity index (χ4n) is 2.26. The Labute approximate surface area is 153 Å². The van der Waals surface area contributed by atoms with Crippen LogP contribution in [0.1, 0.15) is 19.4 Å². The number of benzene rings is 2. The first-order chi connectivity index (χ1) is 11.8. The molecule has 0 saturated carbocycles. The molecule has 1 amide bonds. The summed E-state index contributed by atoms with van der Waals surface area (Å²) in [5.41, 5.74) is 0.941. The molecule has 2 aromatic carbocycles. The fourth-order valence-corrected chi connectivity index (χ4v) is 3.90. The van der Waals surface area contributed by atoms with Gasteiger partial charge in [-0.2, -0.15) is 4.72 Å². The lowest BCUT2D eigenvalue weighted by Gasteiger charge is -2.21. The van der Waals surface area contributed by atoms with E-state index in [0.717, 1.165) is 5.56 Å². The second-order valence-corrected chi connectivity index (χ2v) is 8.15. The molecule has 0 aliphatic heterocycles. The Bertz CT molecular complexity index is 823. The molecule has 0 aromatic heterocycles. The Morgan fingerprint density at radius 2 is 1.76 bits per heavy atom. The third-order valence-corrected chi connectivity index (χ3v) is 5.32. The second kappa shape index (κ2) is 8.47. The lowest BCUT2D eigenvalue weighted by atomic mass is 10.0. The molecule has 5 nitrogen and oxygen atoms in total. The molecule has 0 spiro atoms. The van der Waals surface area contributed by atoms with Crippen molar-refractivity contribution in [1.82, 2.24) is 10.0 Å². The van der Waals surface area contributed by atoms with Gasteiger partial charge in [0.2, 0.25) is 15.9 Å². The van der Waals surface area contributed by atoms with Gasteiger partial charge in [0.25, 0.3) is 0 Å². The predicted molar refractivity (Wildman–Crippen MR) is 98.7 cm³/mol. The largest absolute Gasteiger partial charge is 0.351 e. The van der Waals surface area contributed by atoms with Crippen molar-refractivity contribution in [3.05, 3.63) is 65.2 Å². The van der Waals surface area contributed by atoms with Gasteiger partial charge >= 0.3 is 0 Å². The number of rotatable bonds is 7. The molecule has 0 fully saturated rings. The standard InChI is InChI=1S/C18H21ClN2O3S/c1-13(2)17(18(22)20-12-14-7-4-3-5-8-14)21-25(23,24)16-10-6-9-15(19)11-16/h3-11,13,17,21H,12H2,1-2H3,(H,20,22)/t17-/m0/s1. The lowest BCUT2D eigenvalue weighted by molar-refractivity contribution is -0.123. The zero-order valence-electron chi connectivity index (χ0n) is 14.1. The number of hydrogen-bond donors (Lipinski definition) is 2. The van der Waals surface area contributed by atoms with Gasteiger partial charge < -0.3 is 5.32 Å². The van der Waals surface area contributed by atoms with Crippen LogP contribution < -0.4 is 10.0 Å². The molecule has 0 saturated heterocycles. The van der Waals surface area contributed by atoms with Crippen LogP contribution in [-0.2, 0) is 21.4 Å². The number of nitrogens with one attached hydrogen (secondary N) is 2. The van der Waals surface area contributed by atoms with Crippen LogP contribution in [0.4, 0.5) is 0 Å². The summed E-state index contributed by atoms with van der Waals surface area (Å²) in [5.74, 6) is -0.589. The average Bonchev–Trinajstić information content (AvgIpc) is 2.58. The Balaban J connectivity index is 2.10. The first-order valence-corrected chi connectivity index (χ1v) is 9.75. The zero-order valence-corrected chi connectivity index (χ0v) is 15.6. The van der Waals surface area contributed by atoms with E-state index >= 15 is 0 Å². The molecule has 7 heteroatoms. The molecule has 2 N–H and O–H groups in total. The summed E-state index contributed by atoms with van der Waals surface area (Å²) in [6.07, 6.45) is 0. The molecule has 0 heterocycles. The van der Waals surface area contributed by atoms with Crippen molar-refractivity contribution < 1.29 is 13.2 Å². The summed E-state index contributed by atoms with van der Waals surface area (Å²) < 4.78 is 27.5. The van der Waals surface area contributed by atoms with Crippen molar-refractivity contribution in [1.29, 1.82) is 0 Å². The number of hydrogen-bond acceptors (Lipinski definition) is 3. The number of carbonyl (C=O) groups excluding carboxylic acids is 1. The van der Waals surface area contributed by atoms with Gasteiger partial charge in [-0.1, -0.05) is 61.8 Å². The van der Waals surface area contributed by atoms with Crippen molar-refractivity contribution in [3.8, 4) is 0 Å². The third-order valence-electron chi connectivity index (χ3n) is 3.65. The predicted octanol–water partition coefficient (Wildman–Crippen LogP) is 2.96. The van der Waals surface area contributed by atoms with E-state index in [1.54, 1.807) is 26.0 Å². The van der Waals surface area contributed by atoms with E-state index in [9.17, 15) is 13.2 Å². The topological polar surface area (TPSA) is 75.3 Å². The van der Waals surface area contributed by atoms with E-state index < -0.39 is 16.1 Å². The molecule has 0 radical (unpaired) electrons. The van der Waals surface area contributed by atoms with Gasteiger partial charge in [-0.3, -0.25) is 4.79 Å². The minimum Gasteiger partial charge on any atom is -0.351 e. The normalized spacial score (nSPS) is 12.8. The molecule has 1 atom stereocenters. The molecule has 2 aromatic rings. The summed E-state index contributed by atoms with van der Waals surface area (Å²) in [5, 5.41) is 3.09. The lowest BCUT2D eigenvalue weighted by Crippen LogP contribution is -2.49. The Morgan fingerprint density at radius 1 is 1.08 bits per heavy atom. The third kappa shape index (κ3) is 5.56. The summed E-state index contributed by atoms with van der Waals surface area (Å²) in [6.45, 7) is 3.91. The van der Waals surface area contributed by atoms with E-state index in [4.69, 9.17) is 11.6 Å². The monoisotopic (exact) mass is 380 g/mol. The summed E-state index contributed by atoms with van der Waals surface area (Å²) in [6, 6.07) is 14.5. The van der Waals surface area contributed by atoms with Crippen LogP contribution in [0.25, 0.3) is 0 Å². The maximum atomic E-state index is 12.5. The van der Waals surface area contributed by atoms with Gasteiger partial charge in [0.05, 0.1) is 4.90 Å². The molecule has 0 bridgehead atoms. The molecule has 134 valence electrons. The molecular weight excluding hydrogens is 360 g/mol. The van der Waals surface area contributed by atoms with E-state index in [2.05, 4.69) is 10.0 Å². The maximum Gasteiger partial charge on any atom is 0.241 e. The minimum absolute atomic E-state index is 0.0292. The smallest absolute Gasteiger partial charge is 0.241 e. The summed E-state index contributed by atoms with van der Waals surface area (Å²) in [7, 11) is -3.85. The molecule has 0 aliphatic carbocycles. The van der Waals surface area contributed by atoms with Crippen LogP contribution in [0.3, 0.4) is 0 Å². The fraction of sp³-hybridized carbons (Fsp3) is 0.278.